The molecule has 2 aliphatic heterocycles. The van der Waals surface area contributed by atoms with E-state index in [0.717, 1.165) is 35.7 Å². The molecular formula is C21H24F3N3. The molecule has 0 unspecified atom stereocenters. The predicted molar refractivity (Wildman–Crippen MR) is 102 cm³/mol. The summed E-state index contributed by atoms with van der Waals surface area (Å²) in [6, 6.07) is 12.5. The molecule has 2 aromatic rings. The standard InChI is InChI=1S/C21H24F3N3/c1-14-10-19(27-8-6-17(7-9-27)21(22,23)24)4-5-20(14)26-18-3-2-15-12-25-13-16(15)11-18/h2-5,10-11,17,25-26H,6-9,12-13H2,1H3. The Labute approximate surface area is 157 Å². The second kappa shape index (κ2) is 7.08. The van der Waals surface area contributed by atoms with Crippen molar-refractivity contribution in [3.63, 3.8) is 0 Å². The van der Waals surface area contributed by atoms with Crippen LogP contribution in [0, 0.1) is 12.8 Å². The van der Waals surface area contributed by atoms with Crippen LogP contribution in [-0.4, -0.2) is 19.3 Å². The van der Waals surface area contributed by atoms with E-state index in [1.807, 2.05) is 19.1 Å². The molecule has 2 heterocycles. The van der Waals surface area contributed by atoms with Crippen LogP contribution in [0.2, 0.25) is 0 Å². The highest BCUT2D eigenvalue weighted by atomic mass is 19.4. The molecule has 0 radical (unpaired) electrons. The van der Waals surface area contributed by atoms with Crippen molar-refractivity contribution in [3.8, 4) is 0 Å². The number of fused-ring (bicyclic) bond motifs is 1. The highest BCUT2D eigenvalue weighted by molar-refractivity contribution is 5.67. The molecule has 0 spiro atoms. The fourth-order valence-electron chi connectivity index (χ4n) is 3.98. The van der Waals surface area contributed by atoms with E-state index in [-0.39, 0.29) is 12.8 Å². The van der Waals surface area contributed by atoms with Crippen LogP contribution in [0.15, 0.2) is 36.4 Å². The number of nitrogens with one attached hydrogen (secondary N) is 2. The van der Waals surface area contributed by atoms with Gasteiger partial charge in [0.15, 0.2) is 0 Å². The molecule has 0 aliphatic carbocycles. The molecule has 0 bridgehead atoms. The second-order valence-corrected chi connectivity index (χ2v) is 7.51. The molecule has 2 aromatic carbocycles. The third-order valence-electron chi connectivity index (χ3n) is 5.65. The Hall–Kier alpha value is -2.21. The van der Waals surface area contributed by atoms with E-state index in [4.69, 9.17) is 0 Å². The van der Waals surface area contributed by atoms with Gasteiger partial charge in [-0.1, -0.05) is 6.07 Å². The fourth-order valence-corrected chi connectivity index (χ4v) is 3.98. The average molecular weight is 375 g/mol. The largest absolute Gasteiger partial charge is 0.391 e. The molecule has 2 aliphatic rings. The third-order valence-corrected chi connectivity index (χ3v) is 5.65. The molecule has 0 atom stereocenters. The minimum absolute atomic E-state index is 0.172. The topological polar surface area (TPSA) is 27.3 Å². The number of anilines is 3. The van der Waals surface area contributed by atoms with Gasteiger partial charge in [0, 0.05) is 43.2 Å². The van der Waals surface area contributed by atoms with E-state index < -0.39 is 12.1 Å². The fraction of sp³-hybridized carbons (Fsp3) is 0.429. The van der Waals surface area contributed by atoms with Gasteiger partial charge in [-0.3, -0.25) is 0 Å². The predicted octanol–water partition coefficient (Wildman–Crippen LogP) is 5.12. The van der Waals surface area contributed by atoms with Crippen LogP contribution < -0.4 is 15.5 Å². The van der Waals surface area contributed by atoms with E-state index in [1.54, 1.807) is 0 Å². The summed E-state index contributed by atoms with van der Waals surface area (Å²) in [6.45, 7) is 4.76. The lowest BCUT2D eigenvalue weighted by Gasteiger charge is -2.34. The Kier molecular flexibility index (Phi) is 4.76. The van der Waals surface area contributed by atoms with Gasteiger partial charge in [-0.05, 0) is 66.8 Å². The van der Waals surface area contributed by atoms with Crippen molar-refractivity contribution in [2.75, 3.05) is 23.3 Å². The van der Waals surface area contributed by atoms with Gasteiger partial charge >= 0.3 is 6.18 Å². The van der Waals surface area contributed by atoms with Crippen molar-refractivity contribution in [1.29, 1.82) is 0 Å². The lowest BCUT2D eigenvalue weighted by atomic mass is 9.96. The van der Waals surface area contributed by atoms with Gasteiger partial charge in [0.2, 0.25) is 0 Å². The van der Waals surface area contributed by atoms with E-state index in [0.29, 0.717) is 13.1 Å². The van der Waals surface area contributed by atoms with Gasteiger partial charge in [-0.2, -0.15) is 13.2 Å². The summed E-state index contributed by atoms with van der Waals surface area (Å²) in [7, 11) is 0. The number of hydrogen-bond acceptors (Lipinski definition) is 3. The van der Waals surface area contributed by atoms with E-state index in [9.17, 15) is 13.2 Å². The van der Waals surface area contributed by atoms with Gasteiger partial charge in [-0.25, -0.2) is 0 Å². The zero-order valence-corrected chi connectivity index (χ0v) is 15.4. The summed E-state index contributed by atoms with van der Waals surface area (Å²) in [5.74, 6) is -1.16. The van der Waals surface area contributed by atoms with Gasteiger partial charge in [-0.15, -0.1) is 0 Å². The van der Waals surface area contributed by atoms with Crippen LogP contribution in [0.25, 0.3) is 0 Å². The maximum absolute atomic E-state index is 12.8. The van der Waals surface area contributed by atoms with Gasteiger partial charge in [0.1, 0.15) is 0 Å². The third kappa shape index (κ3) is 3.90. The summed E-state index contributed by atoms with van der Waals surface area (Å²) in [4.78, 5) is 2.06. The van der Waals surface area contributed by atoms with E-state index in [1.165, 1.54) is 11.1 Å². The van der Waals surface area contributed by atoms with Crippen LogP contribution in [0.5, 0.6) is 0 Å². The molecule has 0 saturated carbocycles. The molecular weight excluding hydrogens is 351 g/mol. The number of aryl methyl sites for hydroxylation is 1. The first-order valence-corrected chi connectivity index (χ1v) is 9.42. The van der Waals surface area contributed by atoms with Crippen LogP contribution in [0.1, 0.15) is 29.5 Å². The number of alkyl halides is 3. The van der Waals surface area contributed by atoms with Crippen molar-refractivity contribution < 1.29 is 13.2 Å². The van der Waals surface area contributed by atoms with Crippen molar-refractivity contribution >= 4 is 17.1 Å². The SMILES string of the molecule is Cc1cc(N2CCC(C(F)(F)F)CC2)ccc1Nc1ccc2c(c1)CNC2. The summed E-state index contributed by atoms with van der Waals surface area (Å²) in [6.07, 6.45) is -3.72. The number of nitrogens with zero attached hydrogens (tertiary/aromatic N) is 1. The Bertz CT molecular complexity index is 824. The quantitative estimate of drug-likeness (QED) is 0.780. The highest BCUT2D eigenvalue weighted by Crippen LogP contribution is 2.36. The van der Waals surface area contributed by atoms with Crippen molar-refractivity contribution in [1.82, 2.24) is 5.32 Å². The number of hydrogen-bond donors (Lipinski definition) is 2. The highest BCUT2D eigenvalue weighted by Gasteiger charge is 2.41. The summed E-state index contributed by atoms with van der Waals surface area (Å²) < 4.78 is 38.5. The van der Waals surface area contributed by atoms with Crippen molar-refractivity contribution in [2.24, 2.45) is 5.92 Å². The maximum Gasteiger partial charge on any atom is 0.391 e. The number of benzene rings is 2. The molecule has 2 N–H and O–H groups in total. The average Bonchev–Trinajstić information content (AvgIpc) is 3.10. The van der Waals surface area contributed by atoms with Crippen molar-refractivity contribution in [2.45, 2.75) is 39.0 Å². The first kappa shape index (κ1) is 18.2. The van der Waals surface area contributed by atoms with E-state index in [2.05, 4.69) is 39.8 Å². The second-order valence-electron chi connectivity index (χ2n) is 7.51. The zero-order chi connectivity index (χ0) is 19.0. The molecule has 27 heavy (non-hydrogen) atoms. The van der Waals surface area contributed by atoms with Crippen molar-refractivity contribution in [3.05, 3.63) is 53.1 Å². The normalized spacial score (nSPS) is 17.9. The van der Waals surface area contributed by atoms with E-state index >= 15 is 0 Å². The minimum Gasteiger partial charge on any atom is -0.371 e. The molecule has 1 saturated heterocycles. The lowest BCUT2D eigenvalue weighted by molar-refractivity contribution is -0.179. The number of rotatable bonds is 3. The zero-order valence-electron chi connectivity index (χ0n) is 15.4. The minimum atomic E-state index is -4.07. The summed E-state index contributed by atoms with van der Waals surface area (Å²) >= 11 is 0. The van der Waals surface area contributed by atoms with Crippen LogP contribution >= 0.6 is 0 Å². The molecule has 144 valence electrons. The first-order valence-electron chi connectivity index (χ1n) is 9.42. The van der Waals surface area contributed by atoms with Gasteiger partial charge in [0.05, 0.1) is 5.92 Å². The molecule has 6 heteroatoms. The molecule has 1 fully saturated rings. The first-order chi connectivity index (χ1) is 12.9. The molecule has 3 nitrogen and oxygen atoms in total. The summed E-state index contributed by atoms with van der Waals surface area (Å²) in [5.41, 5.74) is 6.83. The van der Waals surface area contributed by atoms with Crippen LogP contribution in [-0.2, 0) is 13.1 Å². The summed E-state index contributed by atoms with van der Waals surface area (Å²) in [5, 5.41) is 6.81. The monoisotopic (exact) mass is 375 g/mol. The molecule has 4 rings (SSSR count). The Balaban J connectivity index is 1.44. The number of halogens is 3. The van der Waals surface area contributed by atoms with Gasteiger partial charge in [0.25, 0.3) is 0 Å². The Morgan fingerprint density at radius 1 is 1.00 bits per heavy atom. The number of piperidine rings is 1. The molecule has 0 aromatic heterocycles. The Morgan fingerprint density at radius 3 is 2.44 bits per heavy atom. The van der Waals surface area contributed by atoms with Crippen LogP contribution in [0.4, 0.5) is 30.2 Å². The van der Waals surface area contributed by atoms with Gasteiger partial charge < -0.3 is 15.5 Å². The van der Waals surface area contributed by atoms with Crippen LogP contribution in [0.3, 0.4) is 0 Å². The Morgan fingerprint density at radius 2 is 1.74 bits per heavy atom. The maximum atomic E-state index is 12.8. The molecule has 0 amide bonds. The lowest BCUT2D eigenvalue weighted by Crippen LogP contribution is -2.39. The smallest absolute Gasteiger partial charge is 0.371 e.